The van der Waals surface area contributed by atoms with Crippen molar-refractivity contribution in [3.8, 4) is 0 Å². The average Bonchev–Trinajstić information content (AvgIpc) is 2.46. The summed E-state index contributed by atoms with van der Waals surface area (Å²) in [5.74, 6) is 0. The predicted molar refractivity (Wildman–Crippen MR) is 87.7 cm³/mol. The molecule has 1 N–H and O–H groups in total. The van der Waals surface area contributed by atoms with E-state index in [0.717, 1.165) is 6.42 Å². The fourth-order valence-electron chi connectivity index (χ4n) is 1.21. The fourth-order valence-corrected chi connectivity index (χ4v) is 1.21. The lowest BCUT2D eigenvalue weighted by Gasteiger charge is -2.05. The van der Waals surface area contributed by atoms with Gasteiger partial charge in [0.1, 0.15) is 0 Å². The molecule has 1 nitrogen and oxygen atoms in total. The summed E-state index contributed by atoms with van der Waals surface area (Å²) in [5.41, 5.74) is 3.68. The van der Waals surface area contributed by atoms with Gasteiger partial charge in [0.2, 0.25) is 0 Å². The third-order valence-corrected chi connectivity index (χ3v) is 2.10. The molecular formula is C17H31N. The van der Waals surface area contributed by atoms with Crippen LogP contribution in [0.3, 0.4) is 0 Å². The molecule has 0 rings (SSSR count). The standard InChI is InChI=1S/C13H21N.C2H6.C2H4/c1-6-9-12(7-2)13(8-3)10-11(4)14-5;2*1-2/h6-7,9-10,14H,2,8H2,1,3-5H3;1-2H3;1-2H2/b9-6-,11-10+,13-12+;;. The number of nitrogens with one attached hydrogen (secondary N) is 1. The number of rotatable bonds is 5. The van der Waals surface area contributed by atoms with E-state index in [2.05, 4.69) is 51.1 Å². The van der Waals surface area contributed by atoms with Crippen molar-refractivity contribution in [3.05, 3.63) is 60.9 Å². The lowest BCUT2D eigenvalue weighted by atomic mass is 10.0. The Hall–Kier alpha value is -1.50. The van der Waals surface area contributed by atoms with Gasteiger partial charge in [0.25, 0.3) is 0 Å². The summed E-state index contributed by atoms with van der Waals surface area (Å²) in [4.78, 5) is 0. The highest BCUT2D eigenvalue weighted by Crippen LogP contribution is 2.14. The third kappa shape index (κ3) is 11.0. The van der Waals surface area contributed by atoms with E-state index < -0.39 is 0 Å². The quantitative estimate of drug-likeness (QED) is 0.507. The molecule has 104 valence electrons. The van der Waals surface area contributed by atoms with Crippen molar-refractivity contribution in [3.63, 3.8) is 0 Å². The van der Waals surface area contributed by atoms with Crippen molar-refractivity contribution in [2.45, 2.75) is 41.0 Å². The van der Waals surface area contributed by atoms with Crippen molar-refractivity contribution in [1.29, 1.82) is 0 Å². The van der Waals surface area contributed by atoms with Crippen LogP contribution >= 0.6 is 0 Å². The summed E-state index contributed by atoms with van der Waals surface area (Å²) in [7, 11) is 1.93. The first-order valence-corrected chi connectivity index (χ1v) is 6.53. The van der Waals surface area contributed by atoms with E-state index in [4.69, 9.17) is 0 Å². The molecule has 0 atom stereocenters. The van der Waals surface area contributed by atoms with E-state index in [1.165, 1.54) is 16.8 Å². The maximum atomic E-state index is 3.82. The first-order chi connectivity index (χ1) is 8.69. The fraction of sp³-hybridized carbons (Fsp3) is 0.412. The summed E-state index contributed by atoms with van der Waals surface area (Å²) < 4.78 is 0. The minimum Gasteiger partial charge on any atom is -0.392 e. The maximum absolute atomic E-state index is 3.82. The Bertz CT molecular complexity index is 280. The van der Waals surface area contributed by atoms with E-state index in [-0.39, 0.29) is 0 Å². The Balaban J connectivity index is -0.000000506. The number of hydrogen-bond donors (Lipinski definition) is 1. The second-order valence-electron chi connectivity index (χ2n) is 3.12. The van der Waals surface area contributed by atoms with E-state index >= 15 is 0 Å². The van der Waals surface area contributed by atoms with Crippen molar-refractivity contribution in [1.82, 2.24) is 5.32 Å². The van der Waals surface area contributed by atoms with Crippen LogP contribution in [0.15, 0.2) is 60.9 Å². The molecule has 0 unspecified atom stereocenters. The maximum Gasteiger partial charge on any atom is 0.00754 e. The summed E-state index contributed by atoms with van der Waals surface area (Å²) in [6, 6.07) is 0. The van der Waals surface area contributed by atoms with Crippen LogP contribution < -0.4 is 5.32 Å². The van der Waals surface area contributed by atoms with Gasteiger partial charge in [0.15, 0.2) is 0 Å². The van der Waals surface area contributed by atoms with Gasteiger partial charge in [-0.05, 0) is 37.5 Å². The molecule has 0 saturated heterocycles. The first-order valence-electron chi connectivity index (χ1n) is 6.53. The molecule has 0 aromatic rings. The van der Waals surface area contributed by atoms with Gasteiger partial charge in [-0.3, -0.25) is 0 Å². The SMILES string of the molecule is C=C.C=CC(/C=C\C)=C(\C=C(/C)NC)CC.CC. The topological polar surface area (TPSA) is 12.0 Å². The van der Waals surface area contributed by atoms with Crippen LogP contribution in [-0.2, 0) is 0 Å². The molecule has 0 amide bonds. The molecule has 0 aromatic heterocycles. The lowest BCUT2D eigenvalue weighted by Crippen LogP contribution is -2.02. The Morgan fingerprint density at radius 3 is 2.00 bits per heavy atom. The van der Waals surface area contributed by atoms with Gasteiger partial charge in [0.05, 0.1) is 0 Å². The van der Waals surface area contributed by atoms with Gasteiger partial charge in [-0.2, -0.15) is 0 Å². The Morgan fingerprint density at radius 1 is 1.22 bits per heavy atom. The highest BCUT2D eigenvalue weighted by Gasteiger charge is 1.96. The van der Waals surface area contributed by atoms with Crippen molar-refractivity contribution >= 4 is 0 Å². The van der Waals surface area contributed by atoms with Gasteiger partial charge < -0.3 is 5.32 Å². The molecule has 18 heavy (non-hydrogen) atoms. The summed E-state index contributed by atoms with van der Waals surface area (Å²) in [5, 5.41) is 3.12. The van der Waals surface area contributed by atoms with Crippen LogP contribution in [0.25, 0.3) is 0 Å². The second-order valence-corrected chi connectivity index (χ2v) is 3.12. The summed E-state index contributed by atoms with van der Waals surface area (Å²) >= 11 is 0. The highest BCUT2D eigenvalue weighted by atomic mass is 14.8. The van der Waals surface area contributed by atoms with Crippen LogP contribution in [0.5, 0.6) is 0 Å². The molecule has 0 radical (unpaired) electrons. The largest absolute Gasteiger partial charge is 0.392 e. The molecule has 1 heteroatoms. The highest BCUT2D eigenvalue weighted by molar-refractivity contribution is 5.40. The van der Waals surface area contributed by atoms with Gasteiger partial charge in [0, 0.05) is 12.7 Å². The summed E-state index contributed by atoms with van der Waals surface area (Å²) in [6.07, 6.45) is 9.21. The normalized spacial score (nSPS) is 11.6. The summed E-state index contributed by atoms with van der Waals surface area (Å²) in [6.45, 7) is 20.1. The molecular weight excluding hydrogens is 218 g/mol. The van der Waals surface area contributed by atoms with E-state index in [0.29, 0.717) is 0 Å². The minimum atomic E-state index is 1.02. The van der Waals surface area contributed by atoms with Crippen LogP contribution in [0, 0.1) is 0 Å². The van der Waals surface area contributed by atoms with E-state index in [1.807, 2.05) is 40.0 Å². The van der Waals surface area contributed by atoms with Crippen LogP contribution in [-0.4, -0.2) is 7.05 Å². The Morgan fingerprint density at radius 2 is 1.72 bits per heavy atom. The smallest absolute Gasteiger partial charge is 0.00754 e. The zero-order valence-corrected chi connectivity index (χ0v) is 13.1. The molecule has 0 aromatic carbocycles. The lowest BCUT2D eigenvalue weighted by molar-refractivity contribution is 0.976. The zero-order chi connectivity index (χ0) is 15.0. The second kappa shape index (κ2) is 17.9. The van der Waals surface area contributed by atoms with Crippen LogP contribution in [0.1, 0.15) is 41.0 Å². The number of allylic oxidation sites excluding steroid dienone is 7. The van der Waals surface area contributed by atoms with Crippen LogP contribution in [0.2, 0.25) is 0 Å². The first kappa shape index (κ1) is 21.8. The molecule has 0 bridgehead atoms. The third-order valence-electron chi connectivity index (χ3n) is 2.10. The van der Waals surface area contributed by atoms with Gasteiger partial charge >= 0.3 is 0 Å². The average molecular weight is 249 g/mol. The van der Waals surface area contributed by atoms with Gasteiger partial charge in [-0.1, -0.05) is 45.6 Å². The molecule has 0 fully saturated rings. The minimum absolute atomic E-state index is 1.02. The van der Waals surface area contributed by atoms with Crippen LogP contribution in [0.4, 0.5) is 0 Å². The molecule has 0 aliphatic heterocycles. The number of hydrogen-bond acceptors (Lipinski definition) is 1. The molecule has 0 aliphatic rings. The molecule has 0 aliphatic carbocycles. The zero-order valence-electron chi connectivity index (χ0n) is 13.1. The van der Waals surface area contributed by atoms with Gasteiger partial charge in [-0.25, -0.2) is 0 Å². The van der Waals surface area contributed by atoms with E-state index in [9.17, 15) is 0 Å². The van der Waals surface area contributed by atoms with E-state index in [1.54, 1.807) is 0 Å². The Kier molecular flexibility index (Phi) is 21.6. The molecule has 0 heterocycles. The van der Waals surface area contributed by atoms with Crippen molar-refractivity contribution in [2.75, 3.05) is 7.05 Å². The predicted octanol–water partition coefficient (Wildman–Crippen LogP) is 5.41. The monoisotopic (exact) mass is 249 g/mol. The van der Waals surface area contributed by atoms with Gasteiger partial charge in [-0.15, -0.1) is 13.2 Å². The Labute approximate surface area is 115 Å². The van der Waals surface area contributed by atoms with Crippen molar-refractivity contribution in [2.24, 2.45) is 0 Å². The van der Waals surface area contributed by atoms with Crippen molar-refractivity contribution < 1.29 is 0 Å². The molecule has 0 saturated carbocycles. The molecule has 0 spiro atoms.